The monoisotopic (exact) mass is 257 g/mol. The maximum atomic E-state index is 9.12. The summed E-state index contributed by atoms with van der Waals surface area (Å²) < 4.78 is 0. The predicted molar refractivity (Wildman–Crippen MR) is 79.3 cm³/mol. The van der Waals surface area contributed by atoms with Gasteiger partial charge in [-0.25, -0.2) is 0 Å². The second-order valence-electron chi connectivity index (χ2n) is 5.35. The minimum Gasteiger partial charge on any atom is -0.375 e. The lowest BCUT2D eigenvalue weighted by Crippen LogP contribution is -2.33. The Hall–Kier alpha value is -1.53. The highest BCUT2D eigenvalue weighted by Crippen LogP contribution is 2.20. The van der Waals surface area contributed by atoms with Crippen LogP contribution in [0.15, 0.2) is 24.3 Å². The van der Waals surface area contributed by atoms with Crippen molar-refractivity contribution in [2.24, 2.45) is 0 Å². The molecule has 1 aromatic carbocycles. The maximum absolute atomic E-state index is 9.12. The molecule has 1 saturated carbocycles. The fraction of sp³-hybridized carbons (Fsp3) is 0.562. The third-order valence-corrected chi connectivity index (χ3v) is 3.71. The molecule has 102 valence electrons. The number of hydrogen-bond acceptors (Lipinski definition) is 3. The van der Waals surface area contributed by atoms with Gasteiger partial charge in [-0.3, -0.25) is 5.32 Å². The maximum Gasteiger partial charge on any atom is 0.0972 e. The summed E-state index contributed by atoms with van der Waals surface area (Å²) in [5.74, 6) is 0. The minimum atomic E-state index is -0.00938. The van der Waals surface area contributed by atoms with Crippen LogP contribution < -0.4 is 10.2 Å². The molecule has 3 heteroatoms. The molecule has 1 unspecified atom stereocenters. The molecule has 19 heavy (non-hydrogen) atoms. The van der Waals surface area contributed by atoms with Crippen LogP contribution in [-0.2, 0) is 6.42 Å². The predicted octanol–water partition coefficient (Wildman–Crippen LogP) is 2.72. The lowest BCUT2D eigenvalue weighted by atomic mass is 10.1. The summed E-state index contributed by atoms with van der Waals surface area (Å²) in [6.45, 7) is 3.07. The highest BCUT2D eigenvalue weighted by molar-refractivity contribution is 5.46. The van der Waals surface area contributed by atoms with Gasteiger partial charge in [-0.05, 0) is 43.4 Å². The van der Waals surface area contributed by atoms with Gasteiger partial charge in [0.25, 0.3) is 0 Å². The Balaban J connectivity index is 1.81. The highest BCUT2D eigenvalue weighted by Gasteiger charge is 2.24. The van der Waals surface area contributed by atoms with E-state index >= 15 is 0 Å². The van der Waals surface area contributed by atoms with Gasteiger partial charge in [-0.2, -0.15) is 5.26 Å². The number of aryl methyl sites for hydroxylation is 1. The molecule has 0 bridgehead atoms. The van der Waals surface area contributed by atoms with Crippen molar-refractivity contribution in [2.75, 3.05) is 18.5 Å². The SMILES string of the molecule is CCc1ccc(N(C)CCC(C#N)NC2CC2)cc1. The fourth-order valence-electron chi connectivity index (χ4n) is 2.16. The van der Waals surface area contributed by atoms with Gasteiger partial charge in [0.1, 0.15) is 0 Å². The Labute approximate surface area is 116 Å². The van der Waals surface area contributed by atoms with Crippen molar-refractivity contribution in [1.82, 2.24) is 5.32 Å². The Bertz CT molecular complexity index is 428. The van der Waals surface area contributed by atoms with Gasteiger partial charge in [0.15, 0.2) is 0 Å². The Morgan fingerprint density at radius 1 is 1.37 bits per heavy atom. The summed E-state index contributed by atoms with van der Waals surface area (Å²) in [5, 5.41) is 12.5. The van der Waals surface area contributed by atoms with E-state index in [4.69, 9.17) is 5.26 Å². The first kappa shape index (κ1) is 13.9. The van der Waals surface area contributed by atoms with E-state index in [9.17, 15) is 0 Å². The van der Waals surface area contributed by atoms with Crippen LogP contribution in [-0.4, -0.2) is 25.7 Å². The first-order valence-corrected chi connectivity index (χ1v) is 7.18. The molecule has 0 aliphatic heterocycles. The topological polar surface area (TPSA) is 39.1 Å². The summed E-state index contributed by atoms with van der Waals surface area (Å²) in [7, 11) is 2.09. The molecule has 1 fully saturated rings. The molecule has 0 aromatic heterocycles. The summed E-state index contributed by atoms with van der Waals surface area (Å²) in [6, 6.07) is 11.6. The average Bonchev–Trinajstić information content (AvgIpc) is 3.27. The zero-order chi connectivity index (χ0) is 13.7. The molecule has 0 amide bonds. The third-order valence-electron chi connectivity index (χ3n) is 3.71. The summed E-state index contributed by atoms with van der Waals surface area (Å²) in [4.78, 5) is 2.22. The van der Waals surface area contributed by atoms with Gasteiger partial charge in [0.2, 0.25) is 0 Å². The number of nitrogens with one attached hydrogen (secondary N) is 1. The van der Waals surface area contributed by atoms with Crippen LogP contribution in [0.4, 0.5) is 5.69 Å². The van der Waals surface area contributed by atoms with Gasteiger partial charge in [0.05, 0.1) is 12.1 Å². The lowest BCUT2D eigenvalue weighted by molar-refractivity contribution is 0.561. The first-order valence-electron chi connectivity index (χ1n) is 7.18. The van der Waals surface area contributed by atoms with Crippen molar-refractivity contribution in [2.45, 2.75) is 44.7 Å². The standard InChI is InChI=1S/C16H23N3/c1-3-13-4-8-16(9-5-13)19(2)11-10-15(12-17)18-14-6-7-14/h4-5,8-9,14-15,18H,3,6-7,10-11H2,1-2H3. The van der Waals surface area contributed by atoms with Crippen molar-refractivity contribution in [3.63, 3.8) is 0 Å². The minimum absolute atomic E-state index is 0.00938. The van der Waals surface area contributed by atoms with Gasteiger partial charge in [0, 0.05) is 25.3 Å². The van der Waals surface area contributed by atoms with Crippen molar-refractivity contribution in [1.29, 1.82) is 5.26 Å². The number of hydrogen-bond donors (Lipinski definition) is 1. The van der Waals surface area contributed by atoms with E-state index in [0.29, 0.717) is 6.04 Å². The van der Waals surface area contributed by atoms with Crippen molar-refractivity contribution in [3.8, 4) is 6.07 Å². The van der Waals surface area contributed by atoms with Gasteiger partial charge in [-0.1, -0.05) is 19.1 Å². The van der Waals surface area contributed by atoms with Crippen molar-refractivity contribution in [3.05, 3.63) is 29.8 Å². The highest BCUT2D eigenvalue weighted by atomic mass is 15.1. The molecule has 0 spiro atoms. The molecule has 0 radical (unpaired) electrons. The van der Waals surface area contributed by atoms with Crippen LogP contribution in [0.25, 0.3) is 0 Å². The number of nitriles is 1. The largest absolute Gasteiger partial charge is 0.375 e. The average molecular weight is 257 g/mol. The second kappa shape index (κ2) is 6.58. The zero-order valence-corrected chi connectivity index (χ0v) is 11.9. The lowest BCUT2D eigenvalue weighted by Gasteiger charge is -2.21. The molecule has 0 saturated heterocycles. The van der Waals surface area contributed by atoms with E-state index in [0.717, 1.165) is 19.4 Å². The summed E-state index contributed by atoms with van der Waals surface area (Å²) in [5.41, 5.74) is 2.59. The van der Waals surface area contributed by atoms with Crippen LogP contribution in [0, 0.1) is 11.3 Å². The molecule has 3 nitrogen and oxygen atoms in total. The van der Waals surface area contributed by atoms with E-state index in [1.165, 1.54) is 24.1 Å². The Kier molecular flexibility index (Phi) is 4.81. The number of benzene rings is 1. The molecule has 1 atom stereocenters. The first-order chi connectivity index (χ1) is 9.22. The van der Waals surface area contributed by atoms with Crippen LogP contribution in [0.5, 0.6) is 0 Å². The third kappa shape index (κ3) is 4.25. The Morgan fingerprint density at radius 3 is 2.58 bits per heavy atom. The van der Waals surface area contributed by atoms with Crippen LogP contribution in [0.2, 0.25) is 0 Å². The van der Waals surface area contributed by atoms with Crippen LogP contribution >= 0.6 is 0 Å². The second-order valence-corrected chi connectivity index (χ2v) is 5.35. The van der Waals surface area contributed by atoms with Gasteiger partial charge in [-0.15, -0.1) is 0 Å². The fourth-order valence-corrected chi connectivity index (χ4v) is 2.16. The van der Waals surface area contributed by atoms with Crippen molar-refractivity contribution >= 4 is 5.69 Å². The Morgan fingerprint density at radius 2 is 2.05 bits per heavy atom. The molecule has 1 aliphatic carbocycles. The number of anilines is 1. The number of rotatable bonds is 7. The van der Waals surface area contributed by atoms with E-state index < -0.39 is 0 Å². The molecule has 1 aliphatic rings. The smallest absolute Gasteiger partial charge is 0.0972 e. The van der Waals surface area contributed by atoms with Gasteiger partial charge >= 0.3 is 0 Å². The molecule has 1 aromatic rings. The molecular formula is C16H23N3. The van der Waals surface area contributed by atoms with Gasteiger partial charge < -0.3 is 4.90 Å². The zero-order valence-electron chi connectivity index (χ0n) is 11.9. The summed E-state index contributed by atoms with van der Waals surface area (Å²) >= 11 is 0. The van der Waals surface area contributed by atoms with Crippen LogP contribution in [0.1, 0.15) is 31.7 Å². The number of nitrogens with zero attached hydrogens (tertiary/aromatic N) is 2. The van der Waals surface area contributed by atoms with E-state index in [2.05, 4.69) is 54.5 Å². The quantitative estimate of drug-likeness (QED) is 0.816. The van der Waals surface area contributed by atoms with E-state index in [1.54, 1.807) is 0 Å². The molecule has 2 rings (SSSR count). The van der Waals surface area contributed by atoms with E-state index in [1.807, 2.05) is 0 Å². The molecule has 0 heterocycles. The molecular weight excluding hydrogens is 234 g/mol. The van der Waals surface area contributed by atoms with Crippen LogP contribution in [0.3, 0.4) is 0 Å². The van der Waals surface area contributed by atoms with E-state index in [-0.39, 0.29) is 6.04 Å². The molecule has 1 N–H and O–H groups in total. The normalized spacial score (nSPS) is 15.8. The summed E-state index contributed by atoms with van der Waals surface area (Å²) in [6.07, 6.45) is 4.41. The van der Waals surface area contributed by atoms with Crippen molar-refractivity contribution < 1.29 is 0 Å².